The molecule has 5 heteroatoms. The fourth-order valence-corrected chi connectivity index (χ4v) is 0.910. The van der Waals surface area contributed by atoms with Crippen molar-refractivity contribution in [2.75, 3.05) is 13.6 Å². The van der Waals surface area contributed by atoms with Crippen LogP contribution in [-0.4, -0.2) is 29.8 Å². The molecule has 0 fully saturated rings. The molecule has 0 aromatic carbocycles. The van der Waals surface area contributed by atoms with Gasteiger partial charge in [-0.15, -0.1) is 0 Å². The Labute approximate surface area is 77.9 Å². The van der Waals surface area contributed by atoms with Crippen LogP contribution in [-0.2, 0) is 6.54 Å². The van der Waals surface area contributed by atoms with Gasteiger partial charge in [0.1, 0.15) is 0 Å². The Kier molecular flexibility index (Phi) is 3.85. The molecule has 0 saturated carbocycles. The van der Waals surface area contributed by atoms with Gasteiger partial charge in [-0.3, -0.25) is 0 Å². The molecule has 2 N–H and O–H groups in total. The zero-order chi connectivity index (χ0) is 9.68. The topological polar surface area (TPSA) is 63.0 Å². The molecule has 0 bridgehead atoms. The van der Waals surface area contributed by atoms with Crippen LogP contribution in [0.15, 0.2) is 4.52 Å². The number of nitrogens with one attached hydrogen (secondary N) is 2. The van der Waals surface area contributed by atoms with E-state index in [9.17, 15) is 0 Å². The number of rotatable bonds is 5. The zero-order valence-electron chi connectivity index (χ0n) is 8.29. The highest BCUT2D eigenvalue weighted by atomic mass is 16.5. The first-order chi connectivity index (χ1) is 6.22. The Bertz CT molecular complexity index is 248. The van der Waals surface area contributed by atoms with Gasteiger partial charge in [0.25, 0.3) is 0 Å². The second kappa shape index (κ2) is 4.94. The largest absolute Gasteiger partial charge is 0.338 e. The van der Waals surface area contributed by atoms with E-state index in [1.165, 1.54) is 0 Å². The molecule has 0 radical (unpaired) electrons. The van der Waals surface area contributed by atoms with Crippen LogP contribution in [0.3, 0.4) is 0 Å². The van der Waals surface area contributed by atoms with Gasteiger partial charge in [-0.05, 0) is 20.9 Å². The van der Waals surface area contributed by atoms with Crippen LogP contribution in [0.1, 0.15) is 18.6 Å². The monoisotopic (exact) mass is 184 g/mol. The molecule has 74 valence electrons. The van der Waals surface area contributed by atoms with E-state index in [1.807, 2.05) is 14.0 Å². The van der Waals surface area contributed by atoms with Gasteiger partial charge in [-0.1, -0.05) is 5.16 Å². The Morgan fingerprint density at radius 2 is 2.31 bits per heavy atom. The normalized spacial score (nSPS) is 13.2. The quantitative estimate of drug-likeness (QED) is 0.678. The average molecular weight is 184 g/mol. The molecular weight excluding hydrogens is 168 g/mol. The highest BCUT2D eigenvalue weighted by molar-refractivity contribution is 4.82. The molecule has 0 aliphatic heterocycles. The molecule has 0 aliphatic carbocycles. The van der Waals surface area contributed by atoms with Gasteiger partial charge in [0.2, 0.25) is 5.89 Å². The van der Waals surface area contributed by atoms with Crippen molar-refractivity contribution in [3.05, 3.63) is 11.7 Å². The third-order valence-electron chi connectivity index (χ3n) is 1.79. The molecule has 1 heterocycles. The maximum Gasteiger partial charge on any atom is 0.240 e. The molecule has 1 unspecified atom stereocenters. The van der Waals surface area contributed by atoms with Crippen molar-refractivity contribution in [2.45, 2.75) is 26.4 Å². The number of hydrogen-bond acceptors (Lipinski definition) is 5. The number of aromatic nitrogens is 2. The minimum atomic E-state index is 0.448. The molecule has 1 atom stereocenters. The summed E-state index contributed by atoms with van der Waals surface area (Å²) in [5.74, 6) is 1.32. The summed E-state index contributed by atoms with van der Waals surface area (Å²) in [6.45, 7) is 5.43. The maximum atomic E-state index is 4.94. The van der Waals surface area contributed by atoms with Crippen LogP contribution in [0.25, 0.3) is 0 Å². The summed E-state index contributed by atoms with van der Waals surface area (Å²) in [5.41, 5.74) is 0. The first kappa shape index (κ1) is 10.1. The van der Waals surface area contributed by atoms with Crippen LogP contribution in [0, 0.1) is 6.92 Å². The lowest BCUT2D eigenvalue weighted by atomic mass is 10.3. The molecule has 13 heavy (non-hydrogen) atoms. The zero-order valence-corrected chi connectivity index (χ0v) is 8.29. The predicted octanol–water partition coefficient (Wildman–Crippen LogP) is 0.0755. The molecule has 1 rings (SSSR count). The summed E-state index contributed by atoms with van der Waals surface area (Å²) >= 11 is 0. The molecule has 1 aromatic rings. The van der Waals surface area contributed by atoms with Crippen molar-refractivity contribution in [1.29, 1.82) is 0 Å². The summed E-state index contributed by atoms with van der Waals surface area (Å²) in [6, 6.07) is 0.448. The Morgan fingerprint density at radius 3 is 2.85 bits per heavy atom. The minimum absolute atomic E-state index is 0.448. The number of likely N-dealkylation sites (N-methyl/N-ethyl adjacent to an activating group) is 1. The highest BCUT2D eigenvalue weighted by Gasteiger charge is 2.02. The average Bonchev–Trinajstić information content (AvgIpc) is 2.51. The van der Waals surface area contributed by atoms with E-state index in [1.54, 1.807) is 0 Å². The predicted molar refractivity (Wildman–Crippen MR) is 49.3 cm³/mol. The molecule has 0 spiro atoms. The second-order valence-electron chi connectivity index (χ2n) is 3.06. The number of aryl methyl sites for hydroxylation is 1. The van der Waals surface area contributed by atoms with Crippen molar-refractivity contribution in [1.82, 2.24) is 20.8 Å². The molecular formula is C8H16N4O. The first-order valence-corrected chi connectivity index (χ1v) is 4.39. The summed E-state index contributed by atoms with van der Waals surface area (Å²) < 4.78 is 4.94. The number of nitrogens with zero attached hydrogens (tertiary/aromatic N) is 2. The van der Waals surface area contributed by atoms with E-state index < -0.39 is 0 Å². The summed E-state index contributed by atoms with van der Waals surface area (Å²) in [7, 11) is 1.93. The lowest BCUT2D eigenvalue weighted by Crippen LogP contribution is -2.33. The van der Waals surface area contributed by atoms with Crippen molar-refractivity contribution < 1.29 is 4.52 Å². The Morgan fingerprint density at radius 1 is 1.54 bits per heavy atom. The van der Waals surface area contributed by atoms with Crippen LogP contribution in [0.2, 0.25) is 0 Å². The summed E-state index contributed by atoms with van der Waals surface area (Å²) in [6.07, 6.45) is 0. The first-order valence-electron chi connectivity index (χ1n) is 4.39. The maximum absolute atomic E-state index is 4.94. The van der Waals surface area contributed by atoms with Crippen LogP contribution < -0.4 is 10.6 Å². The van der Waals surface area contributed by atoms with Gasteiger partial charge < -0.3 is 15.2 Å². The fourth-order valence-electron chi connectivity index (χ4n) is 0.910. The van der Waals surface area contributed by atoms with E-state index in [4.69, 9.17) is 4.52 Å². The van der Waals surface area contributed by atoms with Crippen LogP contribution in [0.4, 0.5) is 0 Å². The van der Waals surface area contributed by atoms with E-state index in [0.29, 0.717) is 24.3 Å². The smallest absolute Gasteiger partial charge is 0.240 e. The van der Waals surface area contributed by atoms with Crippen molar-refractivity contribution in [3.8, 4) is 0 Å². The Balaban J connectivity index is 2.20. The molecule has 1 aromatic heterocycles. The summed E-state index contributed by atoms with van der Waals surface area (Å²) in [5, 5.41) is 10.0. The van der Waals surface area contributed by atoms with Gasteiger partial charge in [-0.2, -0.15) is 4.98 Å². The molecule has 0 aliphatic rings. The number of hydrogen-bond donors (Lipinski definition) is 2. The van der Waals surface area contributed by atoms with E-state index >= 15 is 0 Å². The van der Waals surface area contributed by atoms with Gasteiger partial charge in [0.05, 0.1) is 6.54 Å². The standard InChI is InChI=1S/C8H16N4O/c1-6(9-3)4-10-5-8-11-7(2)12-13-8/h6,9-10H,4-5H2,1-3H3. The fraction of sp³-hybridized carbons (Fsp3) is 0.750. The van der Waals surface area contributed by atoms with Crippen LogP contribution >= 0.6 is 0 Å². The van der Waals surface area contributed by atoms with Gasteiger partial charge in [-0.25, -0.2) is 0 Å². The van der Waals surface area contributed by atoms with E-state index in [0.717, 1.165) is 6.54 Å². The summed E-state index contributed by atoms with van der Waals surface area (Å²) in [4.78, 5) is 4.07. The SMILES string of the molecule is CNC(C)CNCc1nc(C)no1. The third-order valence-corrected chi connectivity index (χ3v) is 1.79. The van der Waals surface area contributed by atoms with Crippen LogP contribution in [0.5, 0.6) is 0 Å². The van der Waals surface area contributed by atoms with Crippen molar-refractivity contribution in [3.63, 3.8) is 0 Å². The van der Waals surface area contributed by atoms with Gasteiger partial charge in [0, 0.05) is 12.6 Å². The Hall–Kier alpha value is -0.940. The molecule has 0 saturated heterocycles. The van der Waals surface area contributed by atoms with Gasteiger partial charge in [0.15, 0.2) is 5.82 Å². The van der Waals surface area contributed by atoms with Crippen molar-refractivity contribution >= 4 is 0 Å². The second-order valence-corrected chi connectivity index (χ2v) is 3.06. The van der Waals surface area contributed by atoms with E-state index in [2.05, 4.69) is 27.7 Å². The molecule has 5 nitrogen and oxygen atoms in total. The highest BCUT2D eigenvalue weighted by Crippen LogP contribution is 1.94. The lowest BCUT2D eigenvalue weighted by molar-refractivity contribution is 0.361. The lowest BCUT2D eigenvalue weighted by Gasteiger charge is -2.09. The van der Waals surface area contributed by atoms with Gasteiger partial charge >= 0.3 is 0 Å². The third kappa shape index (κ3) is 3.52. The van der Waals surface area contributed by atoms with Crippen molar-refractivity contribution in [2.24, 2.45) is 0 Å². The van der Waals surface area contributed by atoms with E-state index in [-0.39, 0.29) is 0 Å². The minimum Gasteiger partial charge on any atom is -0.338 e. The molecule has 0 amide bonds.